The summed E-state index contributed by atoms with van der Waals surface area (Å²) < 4.78 is 1.10. The molecule has 0 atom stereocenters. The summed E-state index contributed by atoms with van der Waals surface area (Å²) in [6.07, 6.45) is 0. The lowest BCUT2D eigenvalue weighted by molar-refractivity contribution is 0.102. The maximum Gasteiger partial charge on any atom is 0.272 e. The molecule has 2 aromatic heterocycles. The number of hydrogen-bond donors (Lipinski definition) is 2. The van der Waals surface area contributed by atoms with E-state index in [-0.39, 0.29) is 5.91 Å². The molecule has 124 valence electrons. The molecule has 0 bridgehead atoms. The Morgan fingerprint density at radius 1 is 1.12 bits per heavy atom. The lowest BCUT2D eigenvalue weighted by Gasteiger charge is -2.34. The molecule has 0 spiro atoms. The van der Waals surface area contributed by atoms with Crippen LogP contribution >= 0.6 is 11.3 Å². The molecular weight excluding hydrogens is 320 g/mol. The van der Waals surface area contributed by atoms with E-state index < -0.39 is 0 Å². The van der Waals surface area contributed by atoms with Gasteiger partial charge < -0.3 is 20.1 Å². The van der Waals surface area contributed by atoms with Crippen molar-refractivity contribution in [3.05, 3.63) is 47.5 Å². The maximum absolute atomic E-state index is 12.4. The second kappa shape index (κ2) is 6.30. The van der Waals surface area contributed by atoms with E-state index in [1.54, 1.807) is 11.3 Å². The standard InChI is InChI=1S/C18H20N4OS/c1-21-7-9-22(10-8-21)14-4-2-13(3-5-14)19-18(23)16-12-17-15(20-16)6-11-24-17/h2-6,11-12,20H,7-10H2,1H3,(H,19,23). The number of rotatable bonds is 3. The number of carbonyl (C=O) groups excluding carboxylic acids is 1. The summed E-state index contributed by atoms with van der Waals surface area (Å²) >= 11 is 1.63. The van der Waals surface area contributed by atoms with Crippen molar-refractivity contribution in [2.24, 2.45) is 0 Å². The monoisotopic (exact) mass is 340 g/mol. The van der Waals surface area contributed by atoms with E-state index >= 15 is 0 Å². The number of hydrogen-bond acceptors (Lipinski definition) is 4. The first-order chi connectivity index (χ1) is 11.7. The molecule has 2 N–H and O–H groups in total. The van der Waals surface area contributed by atoms with Crippen molar-refractivity contribution in [3.8, 4) is 0 Å². The smallest absolute Gasteiger partial charge is 0.272 e. The van der Waals surface area contributed by atoms with E-state index in [4.69, 9.17) is 0 Å². The van der Waals surface area contributed by atoms with Gasteiger partial charge in [-0.1, -0.05) is 0 Å². The van der Waals surface area contributed by atoms with E-state index in [0.717, 1.165) is 42.1 Å². The van der Waals surface area contributed by atoms with Crippen LogP contribution in [0, 0.1) is 0 Å². The number of anilines is 2. The van der Waals surface area contributed by atoms with E-state index in [0.29, 0.717) is 5.69 Å². The van der Waals surface area contributed by atoms with Crippen LogP contribution in [0.1, 0.15) is 10.5 Å². The second-order valence-electron chi connectivity index (χ2n) is 6.17. The van der Waals surface area contributed by atoms with Crippen molar-refractivity contribution in [1.82, 2.24) is 9.88 Å². The predicted octanol–water partition coefficient (Wildman–Crippen LogP) is 3.23. The number of piperazine rings is 1. The molecule has 3 heterocycles. The second-order valence-corrected chi connectivity index (χ2v) is 7.12. The normalized spacial score (nSPS) is 15.8. The van der Waals surface area contributed by atoms with Crippen LogP contribution in [-0.4, -0.2) is 49.0 Å². The Labute approximate surface area is 144 Å². The van der Waals surface area contributed by atoms with Gasteiger partial charge in [0.2, 0.25) is 0 Å². The molecule has 1 aliphatic rings. The van der Waals surface area contributed by atoms with Crippen LogP contribution in [0.15, 0.2) is 41.8 Å². The Morgan fingerprint density at radius 3 is 2.58 bits per heavy atom. The van der Waals surface area contributed by atoms with Crippen LogP contribution < -0.4 is 10.2 Å². The molecule has 5 nitrogen and oxygen atoms in total. The fraction of sp³-hybridized carbons (Fsp3) is 0.278. The average molecular weight is 340 g/mol. The van der Waals surface area contributed by atoms with Crippen LogP contribution in [0.3, 0.4) is 0 Å². The predicted molar refractivity (Wildman–Crippen MR) is 100 cm³/mol. The molecule has 1 fully saturated rings. The first-order valence-corrected chi connectivity index (χ1v) is 8.98. The number of aromatic amines is 1. The fourth-order valence-electron chi connectivity index (χ4n) is 2.99. The van der Waals surface area contributed by atoms with Crippen LogP contribution in [0.2, 0.25) is 0 Å². The highest BCUT2D eigenvalue weighted by molar-refractivity contribution is 7.17. The van der Waals surface area contributed by atoms with Crippen molar-refractivity contribution >= 4 is 38.8 Å². The molecule has 6 heteroatoms. The molecule has 1 aliphatic heterocycles. The molecular formula is C18H20N4OS. The van der Waals surface area contributed by atoms with E-state index in [1.807, 2.05) is 29.6 Å². The maximum atomic E-state index is 12.4. The van der Waals surface area contributed by atoms with Crippen LogP contribution in [0.5, 0.6) is 0 Å². The van der Waals surface area contributed by atoms with Gasteiger partial charge in [-0.05, 0) is 48.8 Å². The lowest BCUT2D eigenvalue weighted by atomic mass is 10.2. The van der Waals surface area contributed by atoms with Gasteiger partial charge in [0.25, 0.3) is 5.91 Å². The quantitative estimate of drug-likeness (QED) is 0.770. The van der Waals surface area contributed by atoms with Gasteiger partial charge in [-0.3, -0.25) is 4.79 Å². The van der Waals surface area contributed by atoms with Gasteiger partial charge in [0, 0.05) is 37.6 Å². The Morgan fingerprint density at radius 2 is 1.88 bits per heavy atom. The average Bonchev–Trinajstić information content (AvgIpc) is 3.18. The van der Waals surface area contributed by atoms with Gasteiger partial charge in [-0.15, -0.1) is 11.3 Å². The molecule has 1 aromatic carbocycles. The number of nitrogens with zero attached hydrogens (tertiary/aromatic N) is 2. The third-order valence-electron chi connectivity index (χ3n) is 4.48. The van der Waals surface area contributed by atoms with Crippen molar-refractivity contribution in [1.29, 1.82) is 0 Å². The van der Waals surface area contributed by atoms with Crippen LogP contribution in [-0.2, 0) is 0 Å². The summed E-state index contributed by atoms with van der Waals surface area (Å²) in [5.41, 5.74) is 3.63. The zero-order valence-corrected chi connectivity index (χ0v) is 14.4. The van der Waals surface area contributed by atoms with Gasteiger partial charge in [0.05, 0.1) is 10.2 Å². The van der Waals surface area contributed by atoms with Gasteiger partial charge in [-0.2, -0.15) is 0 Å². The summed E-state index contributed by atoms with van der Waals surface area (Å²) in [5, 5.41) is 4.97. The Bertz CT molecular complexity index is 815. The van der Waals surface area contributed by atoms with Crippen molar-refractivity contribution < 1.29 is 4.79 Å². The topological polar surface area (TPSA) is 51.4 Å². The zero-order chi connectivity index (χ0) is 16.5. The minimum Gasteiger partial charge on any atom is -0.369 e. The van der Waals surface area contributed by atoms with Crippen molar-refractivity contribution in [2.75, 3.05) is 43.4 Å². The first kappa shape index (κ1) is 15.2. The Kier molecular flexibility index (Phi) is 4.00. The third-order valence-corrected chi connectivity index (χ3v) is 5.34. The fourth-order valence-corrected chi connectivity index (χ4v) is 3.77. The van der Waals surface area contributed by atoms with Crippen LogP contribution in [0.4, 0.5) is 11.4 Å². The summed E-state index contributed by atoms with van der Waals surface area (Å²) in [7, 11) is 2.15. The van der Waals surface area contributed by atoms with Gasteiger partial charge in [0.15, 0.2) is 0 Å². The van der Waals surface area contributed by atoms with Gasteiger partial charge in [-0.25, -0.2) is 0 Å². The SMILES string of the molecule is CN1CCN(c2ccc(NC(=O)c3cc4sccc4[nH]3)cc2)CC1. The first-order valence-electron chi connectivity index (χ1n) is 8.10. The third kappa shape index (κ3) is 3.02. The number of benzene rings is 1. The largest absolute Gasteiger partial charge is 0.369 e. The molecule has 1 amide bonds. The highest BCUT2D eigenvalue weighted by Gasteiger charge is 2.14. The Balaban J connectivity index is 1.43. The number of amides is 1. The number of thiophene rings is 1. The minimum absolute atomic E-state index is 0.106. The summed E-state index contributed by atoms with van der Waals surface area (Å²) in [5.74, 6) is -0.106. The van der Waals surface area contributed by atoms with Crippen LogP contribution in [0.25, 0.3) is 10.2 Å². The molecule has 4 rings (SSSR count). The van der Waals surface area contributed by atoms with E-state index in [1.165, 1.54) is 5.69 Å². The molecule has 3 aromatic rings. The van der Waals surface area contributed by atoms with Gasteiger partial charge in [0.1, 0.15) is 5.69 Å². The zero-order valence-electron chi connectivity index (χ0n) is 13.6. The molecule has 0 radical (unpaired) electrons. The summed E-state index contributed by atoms with van der Waals surface area (Å²) in [4.78, 5) is 20.2. The van der Waals surface area contributed by atoms with E-state index in [9.17, 15) is 4.79 Å². The molecule has 1 saturated heterocycles. The number of carbonyl (C=O) groups is 1. The number of fused-ring (bicyclic) bond motifs is 1. The molecule has 0 unspecified atom stereocenters. The van der Waals surface area contributed by atoms with Crippen molar-refractivity contribution in [2.45, 2.75) is 0 Å². The molecule has 0 aliphatic carbocycles. The number of H-pyrrole nitrogens is 1. The number of aromatic nitrogens is 1. The Hall–Kier alpha value is -2.31. The highest BCUT2D eigenvalue weighted by Crippen LogP contribution is 2.23. The highest BCUT2D eigenvalue weighted by atomic mass is 32.1. The summed E-state index contributed by atoms with van der Waals surface area (Å²) in [6.45, 7) is 4.26. The van der Waals surface area contributed by atoms with E-state index in [2.05, 4.69) is 39.3 Å². The number of likely N-dealkylation sites (N-methyl/N-ethyl adjacent to an activating group) is 1. The van der Waals surface area contributed by atoms with Crippen molar-refractivity contribution in [3.63, 3.8) is 0 Å². The summed E-state index contributed by atoms with van der Waals surface area (Å²) in [6, 6.07) is 12.0. The lowest BCUT2D eigenvalue weighted by Crippen LogP contribution is -2.44. The van der Waals surface area contributed by atoms with Gasteiger partial charge >= 0.3 is 0 Å². The number of nitrogens with one attached hydrogen (secondary N) is 2. The molecule has 0 saturated carbocycles. The minimum atomic E-state index is -0.106. The molecule has 24 heavy (non-hydrogen) atoms.